The highest BCUT2D eigenvalue weighted by Gasteiger charge is 2.15. The minimum atomic E-state index is -0.332. The molecule has 2 aromatic heterocycles. The standard InChI is InChI=1S/C24H18N2O4/c1-29-22-12-18-17-8-4-5-9-20(17)30-21(18)13-19(22)25-23(27)14-26-11-10-15-6-2-3-7-16(15)24(26)28/h2-13H,14H2,1H3,(H,25,27). The number of para-hydroxylation sites is 1. The topological polar surface area (TPSA) is 73.5 Å². The number of amides is 1. The van der Waals surface area contributed by atoms with E-state index in [4.69, 9.17) is 9.15 Å². The number of aromatic nitrogens is 1. The molecule has 0 aliphatic heterocycles. The summed E-state index contributed by atoms with van der Waals surface area (Å²) in [5, 5.41) is 6.15. The Hall–Kier alpha value is -4.06. The van der Waals surface area contributed by atoms with Crippen LogP contribution in [0, 0.1) is 0 Å². The van der Waals surface area contributed by atoms with Crippen LogP contribution in [0.4, 0.5) is 5.69 Å². The zero-order valence-corrected chi connectivity index (χ0v) is 16.2. The van der Waals surface area contributed by atoms with Crippen LogP contribution in [0.1, 0.15) is 0 Å². The van der Waals surface area contributed by atoms with E-state index < -0.39 is 0 Å². The van der Waals surface area contributed by atoms with Gasteiger partial charge in [-0.05, 0) is 29.7 Å². The number of ether oxygens (including phenoxy) is 1. The minimum Gasteiger partial charge on any atom is -0.495 e. The molecule has 1 N–H and O–H groups in total. The first kappa shape index (κ1) is 18.0. The predicted octanol–water partition coefficient (Wildman–Crippen LogP) is 4.55. The second kappa shape index (κ2) is 7.08. The predicted molar refractivity (Wildman–Crippen MR) is 117 cm³/mol. The van der Waals surface area contributed by atoms with Gasteiger partial charge in [0.15, 0.2) is 0 Å². The summed E-state index contributed by atoms with van der Waals surface area (Å²) in [4.78, 5) is 25.3. The highest BCUT2D eigenvalue weighted by molar-refractivity contribution is 6.07. The van der Waals surface area contributed by atoms with Crippen LogP contribution >= 0.6 is 0 Å². The van der Waals surface area contributed by atoms with Gasteiger partial charge in [-0.1, -0.05) is 36.4 Å². The third-order valence-electron chi connectivity index (χ3n) is 5.17. The molecule has 0 unspecified atom stereocenters. The molecular weight excluding hydrogens is 380 g/mol. The van der Waals surface area contributed by atoms with Crippen molar-refractivity contribution in [3.8, 4) is 5.75 Å². The molecule has 0 aliphatic rings. The van der Waals surface area contributed by atoms with Gasteiger partial charge >= 0.3 is 0 Å². The second-order valence-corrected chi connectivity index (χ2v) is 7.03. The van der Waals surface area contributed by atoms with Gasteiger partial charge in [-0.2, -0.15) is 0 Å². The summed E-state index contributed by atoms with van der Waals surface area (Å²) in [6, 6.07) is 20.4. The van der Waals surface area contributed by atoms with Crippen LogP contribution in [0.5, 0.6) is 5.75 Å². The number of furan rings is 1. The summed E-state index contributed by atoms with van der Waals surface area (Å²) in [5.41, 5.74) is 1.70. The number of methoxy groups -OCH3 is 1. The summed E-state index contributed by atoms with van der Waals surface area (Å²) in [6.07, 6.45) is 1.63. The van der Waals surface area contributed by atoms with Gasteiger partial charge in [-0.15, -0.1) is 0 Å². The van der Waals surface area contributed by atoms with E-state index in [-0.39, 0.29) is 18.0 Å². The number of anilines is 1. The number of carbonyl (C=O) groups excluding carboxylic acids is 1. The van der Waals surface area contributed by atoms with Crippen LogP contribution in [-0.2, 0) is 11.3 Å². The molecule has 5 aromatic rings. The molecular formula is C24H18N2O4. The third kappa shape index (κ3) is 2.99. The van der Waals surface area contributed by atoms with Gasteiger partial charge in [0.25, 0.3) is 5.56 Å². The average Bonchev–Trinajstić information content (AvgIpc) is 3.12. The molecule has 1 amide bonds. The summed E-state index contributed by atoms with van der Waals surface area (Å²) in [5.74, 6) is 0.189. The molecule has 0 saturated heterocycles. The highest BCUT2D eigenvalue weighted by Crippen LogP contribution is 2.36. The third-order valence-corrected chi connectivity index (χ3v) is 5.17. The number of benzene rings is 3. The molecule has 0 fully saturated rings. The van der Waals surface area contributed by atoms with Gasteiger partial charge in [-0.3, -0.25) is 9.59 Å². The van der Waals surface area contributed by atoms with E-state index in [1.54, 1.807) is 25.4 Å². The fourth-order valence-electron chi connectivity index (χ4n) is 3.72. The van der Waals surface area contributed by atoms with Crippen molar-refractivity contribution in [2.24, 2.45) is 0 Å². The fourth-order valence-corrected chi connectivity index (χ4v) is 3.72. The maximum Gasteiger partial charge on any atom is 0.258 e. The van der Waals surface area contributed by atoms with E-state index in [1.807, 2.05) is 54.6 Å². The normalized spacial score (nSPS) is 11.2. The molecule has 0 spiro atoms. The van der Waals surface area contributed by atoms with E-state index in [0.29, 0.717) is 22.4 Å². The zero-order chi connectivity index (χ0) is 20.7. The second-order valence-electron chi connectivity index (χ2n) is 7.03. The smallest absolute Gasteiger partial charge is 0.258 e. The van der Waals surface area contributed by atoms with Crippen molar-refractivity contribution in [1.82, 2.24) is 4.57 Å². The molecule has 6 heteroatoms. The summed E-state index contributed by atoms with van der Waals surface area (Å²) >= 11 is 0. The van der Waals surface area contributed by atoms with Crippen molar-refractivity contribution in [1.29, 1.82) is 0 Å². The summed E-state index contributed by atoms with van der Waals surface area (Å²) in [6.45, 7) is -0.106. The Morgan fingerprint density at radius 2 is 1.73 bits per heavy atom. The number of nitrogens with one attached hydrogen (secondary N) is 1. The van der Waals surface area contributed by atoms with E-state index >= 15 is 0 Å². The molecule has 2 heterocycles. The lowest BCUT2D eigenvalue weighted by Crippen LogP contribution is -2.27. The molecule has 148 valence electrons. The molecule has 6 nitrogen and oxygen atoms in total. The van der Waals surface area contributed by atoms with Crippen molar-refractivity contribution >= 4 is 44.3 Å². The van der Waals surface area contributed by atoms with Gasteiger partial charge in [-0.25, -0.2) is 0 Å². The van der Waals surface area contributed by atoms with Gasteiger partial charge in [0.1, 0.15) is 23.5 Å². The number of fused-ring (bicyclic) bond motifs is 4. The number of carbonyl (C=O) groups is 1. The Morgan fingerprint density at radius 3 is 2.57 bits per heavy atom. The maximum absolute atomic E-state index is 12.7. The Morgan fingerprint density at radius 1 is 0.967 bits per heavy atom. The van der Waals surface area contributed by atoms with Gasteiger partial charge in [0.2, 0.25) is 5.91 Å². The SMILES string of the molecule is COc1cc2c(cc1NC(=O)Cn1ccc3ccccc3c1=O)oc1ccccc12. The number of hydrogen-bond acceptors (Lipinski definition) is 4. The molecule has 5 rings (SSSR count). The Labute approximate surface area is 171 Å². The molecule has 30 heavy (non-hydrogen) atoms. The Kier molecular flexibility index (Phi) is 4.25. The van der Waals surface area contributed by atoms with Crippen molar-refractivity contribution in [3.63, 3.8) is 0 Å². The van der Waals surface area contributed by atoms with E-state index in [9.17, 15) is 9.59 Å². The molecule has 0 saturated carbocycles. The van der Waals surface area contributed by atoms with Crippen LogP contribution < -0.4 is 15.6 Å². The van der Waals surface area contributed by atoms with Gasteiger partial charge in [0, 0.05) is 28.4 Å². The van der Waals surface area contributed by atoms with E-state index in [2.05, 4.69) is 5.32 Å². The van der Waals surface area contributed by atoms with Crippen molar-refractivity contribution in [2.75, 3.05) is 12.4 Å². The quantitative estimate of drug-likeness (QED) is 0.482. The maximum atomic E-state index is 12.7. The fraction of sp³-hybridized carbons (Fsp3) is 0.0833. The number of rotatable bonds is 4. The molecule has 0 bridgehead atoms. The lowest BCUT2D eigenvalue weighted by Gasteiger charge is -2.11. The number of pyridine rings is 1. The van der Waals surface area contributed by atoms with Gasteiger partial charge in [0.05, 0.1) is 12.8 Å². The Bertz CT molecular complexity index is 1480. The van der Waals surface area contributed by atoms with Crippen molar-refractivity contribution in [3.05, 3.63) is 83.3 Å². The molecule has 0 aliphatic carbocycles. The number of nitrogens with zero attached hydrogens (tertiary/aromatic N) is 1. The van der Waals surface area contributed by atoms with Crippen LogP contribution in [-0.4, -0.2) is 17.6 Å². The van der Waals surface area contributed by atoms with Crippen LogP contribution in [0.2, 0.25) is 0 Å². The lowest BCUT2D eigenvalue weighted by atomic mass is 10.1. The average molecular weight is 398 g/mol. The van der Waals surface area contributed by atoms with Gasteiger partial charge < -0.3 is 19.0 Å². The molecule has 3 aromatic carbocycles. The molecule has 0 radical (unpaired) electrons. The Balaban J connectivity index is 1.47. The van der Waals surface area contributed by atoms with E-state index in [0.717, 1.165) is 21.7 Å². The monoisotopic (exact) mass is 398 g/mol. The zero-order valence-electron chi connectivity index (χ0n) is 16.2. The first-order valence-corrected chi connectivity index (χ1v) is 9.51. The first-order valence-electron chi connectivity index (χ1n) is 9.51. The minimum absolute atomic E-state index is 0.106. The largest absolute Gasteiger partial charge is 0.495 e. The van der Waals surface area contributed by atoms with Crippen LogP contribution in [0.3, 0.4) is 0 Å². The van der Waals surface area contributed by atoms with Crippen LogP contribution in [0.25, 0.3) is 32.7 Å². The first-order chi connectivity index (χ1) is 14.6. The lowest BCUT2D eigenvalue weighted by molar-refractivity contribution is -0.116. The van der Waals surface area contributed by atoms with Crippen molar-refractivity contribution in [2.45, 2.75) is 6.54 Å². The van der Waals surface area contributed by atoms with Crippen LogP contribution in [0.15, 0.2) is 82.1 Å². The number of hydrogen-bond donors (Lipinski definition) is 1. The highest BCUT2D eigenvalue weighted by atomic mass is 16.5. The van der Waals surface area contributed by atoms with Crippen molar-refractivity contribution < 1.29 is 13.9 Å². The summed E-state index contributed by atoms with van der Waals surface area (Å²) < 4.78 is 12.8. The summed E-state index contributed by atoms with van der Waals surface area (Å²) in [7, 11) is 1.55. The molecule has 0 atom stereocenters. The van der Waals surface area contributed by atoms with E-state index in [1.165, 1.54) is 4.57 Å².